The molecule has 1 aromatic carbocycles. The van der Waals surface area contributed by atoms with Crippen LogP contribution in [0.4, 0.5) is 10.2 Å². The number of hydrogen-bond acceptors (Lipinski definition) is 3. The van der Waals surface area contributed by atoms with E-state index in [0.717, 1.165) is 0 Å². The first kappa shape index (κ1) is 12.1. The second-order valence-electron chi connectivity index (χ2n) is 3.76. The van der Waals surface area contributed by atoms with Gasteiger partial charge in [-0.25, -0.2) is 13.9 Å². The van der Waals surface area contributed by atoms with Crippen LogP contribution in [0, 0.1) is 5.82 Å². The average molecular weight is 249 g/mol. The normalized spacial score (nSPS) is 10.6. The second-order valence-corrected chi connectivity index (χ2v) is 3.76. The number of halogens is 1. The van der Waals surface area contributed by atoms with Gasteiger partial charge in [-0.1, -0.05) is 6.92 Å². The van der Waals surface area contributed by atoms with E-state index in [1.807, 2.05) is 0 Å². The Morgan fingerprint density at radius 1 is 1.44 bits per heavy atom. The van der Waals surface area contributed by atoms with Gasteiger partial charge in [-0.3, -0.25) is 0 Å². The number of rotatable bonds is 3. The van der Waals surface area contributed by atoms with Crippen molar-refractivity contribution in [2.75, 3.05) is 5.73 Å². The van der Waals surface area contributed by atoms with Gasteiger partial charge in [-0.2, -0.15) is 5.10 Å². The van der Waals surface area contributed by atoms with Crippen LogP contribution in [0.2, 0.25) is 0 Å². The van der Waals surface area contributed by atoms with Crippen molar-refractivity contribution in [1.82, 2.24) is 9.78 Å². The number of aromatic nitrogens is 2. The number of hydrogen-bond donors (Lipinski definition) is 2. The van der Waals surface area contributed by atoms with Crippen LogP contribution in [0.15, 0.2) is 24.3 Å². The fourth-order valence-electron chi connectivity index (χ4n) is 1.76. The van der Waals surface area contributed by atoms with E-state index in [0.29, 0.717) is 17.7 Å². The topological polar surface area (TPSA) is 81.1 Å². The molecule has 0 radical (unpaired) electrons. The first-order chi connectivity index (χ1) is 8.54. The van der Waals surface area contributed by atoms with Gasteiger partial charge in [-0.15, -0.1) is 0 Å². The van der Waals surface area contributed by atoms with Crippen molar-refractivity contribution in [3.05, 3.63) is 41.3 Å². The monoisotopic (exact) mass is 249 g/mol. The zero-order chi connectivity index (χ0) is 13.3. The first-order valence-electron chi connectivity index (χ1n) is 5.41. The molecule has 0 fully saturated rings. The Balaban J connectivity index is 2.58. The highest BCUT2D eigenvalue weighted by Crippen LogP contribution is 2.21. The van der Waals surface area contributed by atoms with E-state index in [2.05, 4.69) is 5.10 Å². The van der Waals surface area contributed by atoms with Crippen LogP contribution in [0.5, 0.6) is 0 Å². The summed E-state index contributed by atoms with van der Waals surface area (Å²) in [4.78, 5) is 11.0. The number of aromatic carboxylic acids is 1. The van der Waals surface area contributed by atoms with Gasteiger partial charge in [0.15, 0.2) is 5.69 Å². The Morgan fingerprint density at radius 2 is 2.06 bits per heavy atom. The van der Waals surface area contributed by atoms with Crippen LogP contribution in [0.25, 0.3) is 5.69 Å². The van der Waals surface area contributed by atoms with Crippen molar-refractivity contribution >= 4 is 11.8 Å². The molecule has 0 bridgehead atoms. The fourth-order valence-corrected chi connectivity index (χ4v) is 1.76. The molecule has 0 atom stereocenters. The Morgan fingerprint density at radius 3 is 2.50 bits per heavy atom. The molecule has 0 amide bonds. The van der Waals surface area contributed by atoms with Crippen LogP contribution in [-0.4, -0.2) is 20.9 Å². The third-order valence-corrected chi connectivity index (χ3v) is 2.65. The standard InChI is InChI=1S/C12H12FN3O2/c1-2-9-10(12(17)18)15-16(11(9)14)8-5-3-7(13)4-6-8/h3-6H,2,14H2,1H3,(H,17,18). The van der Waals surface area contributed by atoms with E-state index in [1.165, 1.54) is 28.9 Å². The van der Waals surface area contributed by atoms with Gasteiger partial charge in [0.1, 0.15) is 11.6 Å². The highest BCUT2D eigenvalue weighted by molar-refractivity contribution is 5.89. The number of nitrogens with two attached hydrogens (primary N) is 1. The van der Waals surface area contributed by atoms with Crippen molar-refractivity contribution < 1.29 is 14.3 Å². The lowest BCUT2D eigenvalue weighted by Gasteiger charge is -2.03. The molecule has 2 aromatic rings. The molecule has 3 N–H and O–H groups in total. The molecular weight excluding hydrogens is 237 g/mol. The number of carboxylic acid groups (broad SMARTS) is 1. The summed E-state index contributed by atoms with van der Waals surface area (Å²) < 4.78 is 14.1. The Hall–Kier alpha value is -2.37. The zero-order valence-corrected chi connectivity index (χ0v) is 9.72. The minimum atomic E-state index is -1.13. The SMILES string of the molecule is CCc1c(C(=O)O)nn(-c2ccc(F)cc2)c1N. The summed E-state index contributed by atoms with van der Waals surface area (Å²) in [7, 11) is 0. The van der Waals surface area contributed by atoms with Crippen molar-refractivity contribution in [3.63, 3.8) is 0 Å². The highest BCUT2D eigenvalue weighted by Gasteiger charge is 2.20. The smallest absolute Gasteiger partial charge is 0.356 e. The molecule has 6 heteroatoms. The number of carbonyl (C=O) groups is 1. The minimum absolute atomic E-state index is 0.0701. The molecule has 0 unspecified atom stereocenters. The number of nitrogens with zero attached hydrogens (tertiary/aromatic N) is 2. The molecule has 0 aliphatic heterocycles. The lowest BCUT2D eigenvalue weighted by molar-refractivity contribution is 0.0689. The summed E-state index contributed by atoms with van der Waals surface area (Å²) in [5.41, 5.74) is 6.80. The Labute approximate surface area is 103 Å². The predicted molar refractivity (Wildman–Crippen MR) is 64.3 cm³/mol. The largest absolute Gasteiger partial charge is 0.476 e. The predicted octanol–water partition coefficient (Wildman–Crippen LogP) is 1.85. The fraction of sp³-hybridized carbons (Fsp3) is 0.167. The maximum Gasteiger partial charge on any atom is 0.356 e. The number of benzene rings is 1. The van der Waals surface area contributed by atoms with E-state index in [4.69, 9.17) is 10.8 Å². The summed E-state index contributed by atoms with van der Waals surface area (Å²) >= 11 is 0. The van der Waals surface area contributed by atoms with Crippen molar-refractivity contribution in [1.29, 1.82) is 0 Å². The van der Waals surface area contributed by atoms with Crippen LogP contribution in [0.1, 0.15) is 23.0 Å². The van der Waals surface area contributed by atoms with E-state index >= 15 is 0 Å². The van der Waals surface area contributed by atoms with Crippen LogP contribution >= 0.6 is 0 Å². The van der Waals surface area contributed by atoms with E-state index in [1.54, 1.807) is 6.92 Å². The molecule has 18 heavy (non-hydrogen) atoms. The average Bonchev–Trinajstić information content (AvgIpc) is 2.67. The van der Waals surface area contributed by atoms with Crippen LogP contribution < -0.4 is 5.73 Å². The van der Waals surface area contributed by atoms with Gasteiger partial charge in [0.2, 0.25) is 0 Å². The molecule has 2 rings (SSSR count). The van der Waals surface area contributed by atoms with E-state index < -0.39 is 5.97 Å². The van der Waals surface area contributed by atoms with Crippen LogP contribution in [-0.2, 0) is 6.42 Å². The summed E-state index contributed by atoms with van der Waals surface area (Å²) in [5, 5.41) is 13.0. The van der Waals surface area contributed by atoms with Gasteiger partial charge in [0, 0.05) is 5.56 Å². The molecule has 0 aliphatic rings. The third kappa shape index (κ3) is 1.92. The molecule has 94 valence electrons. The first-order valence-corrected chi connectivity index (χ1v) is 5.41. The maximum absolute atomic E-state index is 12.8. The number of anilines is 1. The molecule has 0 saturated heterocycles. The summed E-state index contributed by atoms with van der Waals surface area (Å²) in [6.45, 7) is 1.80. The van der Waals surface area contributed by atoms with Gasteiger partial charge >= 0.3 is 5.97 Å². The number of carboxylic acids is 1. The molecule has 0 spiro atoms. The van der Waals surface area contributed by atoms with Crippen molar-refractivity contribution in [3.8, 4) is 5.69 Å². The minimum Gasteiger partial charge on any atom is -0.476 e. The second kappa shape index (κ2) is 4.48. The lowest BCUT2D eigenvalue weighted by atomic mass is 10.2. The van der Waals surface area contributed by atoms with Gasteiger partial charge in [-0.05, 0) is 30.7 Å². The zero-order valence-electron chi connectivity index (χ0n) is 9.72. The molecule has 1 heterocycles. The quantitative estimate of drug-likeness (QED) is 0.869. The van der Waals surface area contributed by atoms with Crippen molar-refractivity contribution in [2.24, 2.45) is 0 Å². The molecule has 0 saturated carbocycles. The third-order valence-electron chi connectivity index (χ3n) is 2.65. The van der Waals surface area contributed by atoms with Gasteiger partial charge < -0.3 is 10.8 Å². The van der Waals surface area contributed by atoms with Crippen molar-refractivity contribution in [2.45, 2.75) is 13.3 Å². The highest BCUT2D eigenvalue weighted by atomic mass is 19.1. The Kier molecular flexibility index (Phi) is 3.01. The molecule has 1 aromatic heterocycles. The molecule has 0 aliphatic carbocycles. The van der Waals surface area contributed by atoms with Crippen LogP contribution in [0.3, 0.4) is 0 Å². The Bertz CT molecular complexity index is 590. The number of nitrogen functional groups attached to an aromatic ring is 1. The summed E-state index contributed by atoms with van der Waals surface area (Å²) in [6.07, 6.45) is 0.467. The van der Waals surface area contributed by atoms with Gasteiger partial charge in [0.25, 0.3) is 0 Å². The lowest BCUT2D eigenvalue weighted by Crippen LogP contribution is -2.03. The summed E-state index contributed by atoms with van der Waals surface area (Å²) in [5.74, 6) is -1.24. The van der Waals surface area contributed by atoms with Gasteiger partial charge in [0.05, 0.1) is 5.69 Å². The van der Waals surface area contributed by atoms with E-state index in [-0.39, 0.29) is 17.3 Å². The molecular formula is C12H12FN3O2. The molecule has 5 nitrogen and oxygen atoms in total. The van der Waals surface area contributed by atoms with E-state index in [9.17, 15) is 9.18 Å². The summed E-state index contributed by atoms with van der Waals surface area (Å²) in [6, 6.07) is 5.51. The maximum atomic E-state index is 12.8.